The summed E-state index contributed by atoms with van der Waals surface area (Å²) < 4.78 is 5.07. The van der Waals surface area contributed by atoms with Gasteiger partial charge in [0.05, 0.1) is 7.11 Å². The van der Waals surface area contributed by atoms with Crippen molar-refractivity contribution in [2.24, 2.45) is 0 Å². The van der Waals surface area contributed by atoms with Crippen molar-refractivity contribution in [1.29, 1.82) is 0 Å². The number of hydrogen-bond donors (Lipinski definition) is 1. The third-order valence-electron chi connectivity index (χ3n) is 2.25. The van der Waals surface area contributed by atoms with Gasteiger partial charge in [0.15, 0.2) is 0 Å². The molecule has 0 bridgehead atoms. The SMILES string of the molecule is COc1ccc(CCC(=O)NC(C)C)cc1. The Morgan fingerprint density at radius 2 is 1.94 bits per heavy atom. The molecular weight excluding hydrogens is 202 g/mol. The molecule has 16 heavy (non-hydrogen) atoms. The number of amides is 1. The summed E-state index contributed by atoms with van der Waals surface area (Å²) in [7, 11) is 1.64. The molecule has 1 aromatic rings. The highest BCUT2D eigenvalue weighted by molar-refractivity contribution is 5.76. The number of ether oxygens (including phenoxy) is 1. The second kappa shape index (κ2) is 6.16. The van der Waals surface area contributed by atoms with Crippen LogP contribution in [0, 0.1) is 0 Å². The Bertz CT molecular complexity index is 330. The molecule has 3 heteroatoms. The minimum Gasteiger partial charge on any atom is -0.497 e. The van der Waals surface area contributed by atoms with E-state index in [9.17, 15) is 4.79 Å². The van der Waals surface area contributed by atoms with E-state index in [0.29, 0.717) is 6.42 Å². The average molecular weight is 221 g/mol. The summed E-state index contributed by atoms with van der Waals surface area (Å²) in [6, 6.07) is 8.01. The molecule has 0 heterocycles. The van der Waals surface area contributed by atoms with Crippen molar-refractivity contribution in [3.8, 4) is 5.75 Å². The molecule has 0 aliphatic heterocycles. The van der Waals surface area contributed by atoms with Gasteiger partial charge in [-0.2, -0.15) is 0 Å². The molecule has 0 aliphatic carbocycles. The zero-order valence-corrected chi connectivity index (χ0v) is 10.1. The second-order valence-corrected chi connectivity index (χ2v) is 4.07. The zero-order chi connectivity index (χ0) is 12.0. The van der Waals surface area contributed by atoms with Crippen LogP contribution in [0.2, 0.25) is 0 Å². The molecule has 0 radical (unpaired) electrons. The third-order valence-corrected chi connectivity index (χ3v) is 2.25. The number of rotatable bonds is 5. The number of hydrogen-bond acceptors (Lipinski definition) is 2. The molecule has 0 aliphatic rings. The standard InChI is InChI=1S/C13H19NO2/c1-10(2)14-13(15)9-6-11-4-7-12(16-3)8-5-11/h4-5,7-8,10H,6,9H2,1-3H3,(H,14,15). The van der Waals surface area contributed by atoms with Gasteiger partial charge in [-0.1, -0.05) is 12.1 Å². The maximum absolute atomic E-state index is 11.4. The number of benzene rings is 1. The van der Waals surface area contributed by atoms with Crippen LogP contribution >= 0.6 is 0 Å². The molecular formula is C13H19NO2. The zero-order valence-electron chi connectivity index (χ0n) is 10.1. The Morgan fingerprint density at radius 1 is 1.31 bits per heavy atom. The topological polar surface area (TPSA) is 38.3 Å². The van der Waals surface area contributed by atoms with Crippen molar-refractivity contribution in [3.05, 3.63) is 29.8 Å². The molecule has 1 aromatic carbocycles. The van der Waals surface area contributed by atoms with Gasteiger partial charge in [-0.25, -0.2) is 0 Å². The minimum absolute atomic E-state index is 0.103. The molecule has 0 aromatic heterocycles. The monoisotopic (exact) mass is 221 g/mol. The molecule has 88 valence electrons. The van der Waals surface area contributed by atoms with Crippen LogP contribution < -0.4 is 10.1 Å². The number of methoxy groups -OCH3 is 1. The first-order valence-electron chi connectivity index (χ1n) is 5.54. The number of aryl methyl sites for hydroxylation is 1. The lowest BCUT2D eigenvalue weighted by atomic mass is 10.1. The first-order chi connectivity index (χ1) is 7.61. The third kappa shape index (κ3) is 4.34. The quantitative estimate of drug-likeness (QED) is 0.827. The summed E-state index contributed by atoms with van der Waals surface area (Å²) in [6.07, 6.45) is 1.30. The van der Waals surface area contributed by atoms with Crippen molar-refractivity contribution in [2.45, 2.75) is 32.7 Å². The Hall–Kier alpha value is -1.51. The van der Waals surface area contributed by atoms with Crippen LogP contribution in [0.4, 0.5) is 0 Å². The molecule has 0 unspecified atom stereocenters. The van der Waals surface area contributed by atoms with Crippen LogP contribution in [0.1, 0.15) is 25.8 Å². The highest BCUT2D eigenvalue weighted by Gasteiger charge is 2.03. The van der Waals surface area contributed by atoms with E-state index in [1.54, 1.807) is 7.11 Å². The highest BCUT2D eigenvalue weighted by atomic mass is 16.5. The summed E-state index contributed by atoms with van der Waals surface area (Å²) in [5.74, 6) is 0.946. The maximum atomic E-state index is 11.4. The van der Waals surface area contributed by atoms with E-state index < -0.39 is 0 Å². The fourth-order valence-corrected chi connectivity index (χ4v) is 1.44. The molecule has 0 fully saturated rings. The van der Waals surface area contributed by atoms with Crippen molar-refractivity contribution >= 4 is 5.91 Å². The van der Waals surface area contributed by atoms with E-state index in [0.717, 1.165) is 17.7 Å². The highest BCUT2D eigenvalue weighted by Crippen LogP contribution is 2.12. The van der Waals surface area contributed by atoms with E-state index in [-0.39, 0.29) is 11.9 Å². The molecule has 1 rings (SSSR count). The Labute approximate surface area is 96.8 Å². The minimum atomic E-state index is 0.103. The van der Waals surface area contributed by atoms with Gasteiger partial charge < -0.3 is 10.1 Å². The van der Waals surface area contributed by atoms with Crippen LogP contribution in [0.5, 0.6) is 5.75 Å². The Kier molecular flexibility index (Phi) is 4.83. The van der Waals surface area contributed by atoms with E-state index in [1.165, 1.54) is 0 Å². The van der Waals surface area contributed by atoms with Gasteiger partial charge in [-0.3, -0.25) is 4.79 Å². The lowest BCUT2D eigenvalue weighted by Gasteiger charge is -2.08. The van der Waals surface area contributed by atoms with Gasteiger partial charge in [0.1, 0.15) is 5.75 Å². The van der Waals surface area contributed by atoms with Gasteiger partial charge in [0.25, 0.3) is 0 Å². The largest absolute Gasteiger partial charge is 0.497 e. The van der Waals surface area contributed by atoms with Gasteiger partial charge >= 0.3 is 0 Å². The summed E-state index contributed by atoms with van der Waals surface area (Å²) >= 11 is 0. The first kappa shape index (κ1) is 12.6. The predicted octanol–water partition coefficient (Wildman–Crippen LogP) is 2.15. The second-order valence-electron chi connectivity index (χ2n) is 4.07. The first-order valence-corrected chi connectivity index (χ1v) is 5.54. The number of nitrogens with one attached hydrogen (secondary N) is 1. The van der Waals surface area contributed by atoms with Crippen LogP contribution in [0.15, 0.2) is 24.3 Å². The fraction of sp³-hybridized carbons (Fsp3) is 0.462. The number of carbonyl (C=O) groups is 1. The molecule has 3 nitrogen and oxygen atoms in total. The number of carbonyl (C=O) groups excluding carboxylic acids is 1. The van der Waals surface area contributed by atoms with Crippen LogP contribution in [-0.4, -0.2) is 19.1 Å². The lowest BCUT2D eigenvalue weighted by molar-refractivity contribution is -0.121. The van der Waals surface area contributed by atoms with Crippen LogP contribution in [0.25, 0.3) is 0 Å². The summed E-state index contributed by atoms with van der Waals surface area (Å²) in [4.78, 5) is 11.4. The maximum Gasteiger partial charge on any atom is 0.220 e. The van der Waals surface area contributed by atoms with Gasteiger partial charge in [0.2, 0.25) is 5.91 Å². The van der Waals surface area contributed by atoms with Crippen LogP contribution in [-0.2, 0) is 11.2 Å². The van der Waals surface area contributed by atoms with Crippen molar-refractivity contribution < 1.29 is 9.53 Å². The molecule has 0 saturated carbocycles. The normalized spacial score (nSPS) is 10.2. The van der Waals surface area contributed by atoms with Crippen LogP contribution in [0.3, 0.4) is 0 Å². The molecule has 1 N–H and O–H groups in total. The van der Waals surface area contributed by atoms with E-state index in [1.807, 2.05) is 38.1 Å². The van der Waals surface area contributed by atoms with Crippen molar-refractivity contribution in [2.75, 3.05) is 7.11 Å². The van der Waals surface area contributed by atoms with E-state index in [4.69, 9.17) is 4.74 Å². The summed E-state index contributed by atoms with van der Waals surface area (Å²) in [5.41, 5.74) is 1.15. The lowest BCUT2D eigenvalue weighted by Crippen LogP contribution is -2.30. The van der Waals surface area contributed by atoms with E-state index >= 15 is 0 Å². The Balaban J connectivity index is 2.39. The van der Waals surface area contributed by atoms with Gasteiger partial charge in [0, 0.05) is 12.5 Å². The van der Waals surface area contributed by atoms with Crippen molar-refractivity contribution in [3.63, 3.8) is 0 Å². The summed E-state index contributed by atoms with van der Waals surface area (Å²) in [6.45, 7) is 3.93. The molecule has 1 amide bonds. The molecule has 0 spiro atoms. The fourth-order valence-electron chi connectivity index (χ4n) is 1.44. The predicted molar refractivity (Wildman–Crippen MR) is 64.6 cm³/mol. The van der Waals surface area contributed by atoms with E-state index in [2.05, 4.69) is 5.32 Å². The average Bonchev–Trinajstić information content (AvgIpc) is 2.26. The van der Waals surface area contributed by atoms with Gasteiger partial charge in [-0.15, -0.1) is 0 Å². The van der Waals surface area contributed by atoms with Gasteiger partial charge in [-0.05, 0) is 38.0 Å². The molecule has 0 saturated heterocycles. The smallest absolute Gasteiger partial charge is 0.220 e. The Morgan fingerprint density at radius 3 is 2.44 bits per heavy atom. The molecule has 0 atom stereocenters. The van der Waals surface area contributed by atoms with Crippen molar-refractivity contribution in [1.82, 2.24) is 5.32 Å². The summed E-state index contributed by atoms with van der Waals surface area (Å²) in [5, 5.41) is 2.87.